The van der Waals surface area contributed by atoms with Crippen LogP contribution in [0.15, 0.2) is 28.7 Å². The number of halogens is 1. The molecule has 0 bridgehead atoms. The number of pyridine rings is 1. The summed E-state index contributed by atoms with van der Waals surface area (Å²) >= 11 is 1.66. The zero-order chi connectivity index (χ0) is 15.9. The average molecular weight is 447 g/mol. The summed E-state index contributed by atoms with van der Waals surface area (Å²) in [6.45, 7) is 3.40. The molecule has 0 aromatic carbocycles. The Balaban J connectivity index is 0.00000264. The maximum atomic E-state index is 5.05. The molecule has 0 aliphatic heterocycles. The molecule has 0 unspecified atom stereocenters. The molecule has 126 valence electrons. The topological polar surface area (TPSA) is 62.6 Å². The Labute approximate surface area is 158 Å². The van der Waals surface area contributed by atoms with E-state index in [0.717, 1.165) is 28.8 Å². The highest BCUT2D eigenvalue weighted by molar-refractivity contribution is 14.0. The van der Waals surface area contributed by atoms with E-state index in [1.54, 1.807) is 31.7 Å². The van der Waals surface area contributed by atoms with Gasteiger partial charge in [0, 0.05) is 38.3 Å². The van der Waals surface area contributed by atoms with Crippen molar-refractivity contribution in [1.29, 1.82) is 0 Å². The van der Waals surface area contributed by atoms with Crippen LogP contribution in [-0.4, -0.2) is 42.0 Å². The van der Waals surface area contributed by atoms with Crippen LogP contribution in [0.25, 0.3) is 0 Å². The average Bonchev–Trinajstić information content (AvgIpc) is 2.93. The lowest BCUT2D eigenvalue weighted by Crippen LogP contribution is -2.38. The van der Waals surface area contributed by atoms with Gasteiger partial charge in [-0.05, 0) is 12.5 Å². The van der Waals surface area contributed by atoms with E-state index >= 15 is 0 Å². The van der Waals surface area contributed by atoms with E-state index in [1.165, 1.54) is 0 Å². The number of aromatic nitrogens is 2. The summed E-state index contributed by atoms with van der Waals surface area (Å²) in [5.41, 5.74) is 2.12. The number of hydrogen-bond donors (Lipinski definition) is 1. The van der Waals surface area contributed by atoms with Crippen LogP contribution in [0.1, 0.15) is 16.3 Å². The first-order valence-corrected chi connectivity index (χ1v) is 7.82. The van der Waals surface area contributed by atoms with Crippen molar-refractivity contribution in [3.8, 4) is 5.88 Å². The lowest BCUT2D eigenvalue weighted by molar-refractivity contribution is 0.397. The molecule has 6 nitrogen and oxygen atoms in total. The fourth-order valence-corrected chi connectivity index (χ4v) is 2.60. The Morgan fingerprint density at radius 3 is 2.74 bits per heavy atom. The second-order valence-electron chi connectivity index (χ2n) is 4.82. The van der Waals surface area contributed by atoms with E-state index < -0.39 is 0 Å². The maximum Gasteiger partial charge on any atom is 0.212 e. The third-order valence-electron chi connectivity index (χ3n) is 3.10. The van der Waals surface area contributed by atoms with Gasteiger partial charge in [-0.2, -0.15) is 0 Å². The second kappa shape index (κ2) is 9.66. The molecule has 2 aromatic heterocycles. The van der Waals surface area contributed by atoms with Crippen LogP contribution >= 0.6 is 35.3 Å². The number of hydrogen-bond acceptors (Lipinski definition) is 5. The van der Waals surface area contributed by atoms with Crippen LogP contribution in [-0.2, 0) is 13.1 Å². The van der Waals surface area contributed by atoms with Crippen LogP contribution in [0.5, 0.6) is 5.88 Å². The minimum absolute atomic E-state index is 0. The van der Waals surface area contributed by atoms with Crippen molar-refractivity contribution in [2.45, 2.75) is 20.0 Å². The molecule has 0 saturated carbocycles. The maximum absolute atomic E-state index is 5.05. The van der Waals surface area contributed by atoms with E-state index in [1.807, 2.05) is 31.0 Å². The first-order valence-electron chi connectivity index (χ1n) is 6.94. The van der Waals surface area contributed by atoms with Crippen LogP contribution in [0.2, 0.25) is 0 Å². The van der Waals surface area contributed by atoms with Gasteiger partial charge in [0.2, 0.25) is 5.88 Å². The predicted molar refractivity (Wildman–Crippen MR) is 105 cm³/mol. The van der Waals surface area contributed by atoms with E-state index in [9.17, 15) is 0 Å². The lowest BCUT2D eigenvalue weighted by atomic mass is 10.3. The molecular weight excluding hydrogens is 425 g/mol. The Hall–Kier alpha value is -1.42. The highest BCUT2D eigenvalue weighted by Crippen LogP contribution is 2.10. The van der Waals surface area contributed by atoms with Crippen LogP contribution < -0.4 is 10.1 Å². The van der Waals surface area contributed by atoms with Crippen molar-refractivity contribution in [2.75, 3.05) is 21.2 Å². The molecule has 0 amide bonds. The molecule has 23 heavy (non-hydrogen) atoms. The monoisotopic (exact) mass is 447 g/mol. The summed E-state index contributed by atoms with van der Waals surface area (Å²) in [5, 5.41) is 6.48. The molecule has 0 aliphatic carbocycles. The van der Waals surface area contributed by atoms with Crippen molar-refractivity contribution >= 4 is 41.3 Å². The molecule has 8 heteroatoms. The third-order valence-corrected chi connectivity index (χ3v) is 3.92. The van der Waals surface area contributed by atoms with E-state index in [0.29, 0.717) is 12.4 Å². The number of thiazole rings is 1. The van der Waals surface area contributed by atoms with Crippen molar-refractivity contribution in [2.24, 2.45) is 4.99 Å². The van der Waals surface area contributed by atoms with Gasteiger partial charge in [0.1, 0.15) is 0 Å². The number of nitrogens with zero attached hydrogens (tertiary/aromatic N) is 4. The number of methoxy groups -OCH3 is 1. The zero-order valence-corrected chi connectivity index (χ0v) is 16.9. The highest BCUT2D eigenvalue weighted by Gasteiger charge is 2.08. The molecule has 0 fully saturated rings. The summed E-state index contributed by atoms with van der Waals surface area (Å²) in [6, 6.07) is 3.83. The molecule has 0 radical (unpaired) electrons. The van der Waals surface area contributed by atoms with Gasteiger partial charge in [-0.1, -0.05) is 6.07 Å². The first kappa shape index (κ1) is 19.6. The standard InChI is InChI=1S/C15H21N5OS.HI/c1-11-19-13(10-22-11)9-20(3)15(16-2)18-8-12-5-6-14(21-4)17-7-12;/h5-7,10H,8-9H2,1-4H3,(H,16,18);1H. The lowest BCUT2D eigenvalue weighted by Gasteiger charge is -2.21. The Bertz CT molecular complexity index is 629. The third kappa shape index (κ3) is 5.94. The van der Waals surface area contributed by atoms with E-state index in [4.69, 9.17) is 4.74 Å². The van der Waals surface area contributed by atoms with Crippen LogP contribution in [0, 0.1) is 6.92 Å². The molecule has 2 rings (SSSR count). The summed E-state index contributed by atoms with van der Waals surface area (Å²) < 4.78 is 5.05. The minimum atomic E-state index is 0. The predicted octanol–water partition coefficient (Wildman–Crippen LogP) is 2.68. The minimum Gasteiger partial charge on any atom is -0.481 e. The van der Waals surface area contributed by atoms with E-state index in [2.05, 4.69) is 25.7 Å². The fraction of sp³-hybridized carbons (Fsp3) is 0.400. The zero-order valence-electron chi connectivity index (χ0n) is 13.7. The first-order chi connectivity index (χ1) is 10.6. The van der Waals surface area contributed by atoms with Crippen LogP contribution in [0.3, 0.4) is 0 Å². The second-order valence-corrected chi connectivity index (χ2v) is 5.89. The van der Waals surface area contributed by atoms with Crippen molar-refractivity contribution in [3.63, 3.8) is 0 Å². The number of aliphatic imine (C=N–C) groups is 1. The smallest absolute Gasteiger partial charge is 0.212 e. The number of aryl methyl sites for hydroxylation is 1. The van der Waals surface area contributed by atoms with Gasteiger partial charge in [0.05, 0.1) is 24.4 Å². The van der Waals surface area contributed by atoms with Crippen molar-refractivity contribution in [3.05, 3.63) is 40.0 Å². The van der Waals surface area contributed by atoms with Gasteiger partial charge >= 0.3 is 0 Å². The van der Waals surface area contributed by atoms with Gasteiger partial charge < -0.3 is 15.0 Å². The quantitative estimate of drug-likeness (QED) is 0.434. The van der Waals surface area contributed by atoms with Gasteiger partial charge in [-0.25, -0.2) is 9.97 Å². The summed E-state index contributed by atoms with van der Waals surface area (Å²) in [5.74, 6) is 1.44. The molecule has 2 aromatic rings. The Kier molecular flexibility index (Phi) is 8.24. The van der Waals surface area contributed by atoms with Crippen LogP contribution in [0.4, 0.5) is 0 Å². The molecule has 0 spiro atoms. The van der Waals surface area contributed by atoms with Crippen molar-refractivity contribution in [1.82, 2.24) is 20.2 Å². The van der Waals surface area contributed by atoms with Crippen molar-refractivity contribution < 1.29 is 4.74 Å². The molecular formula is C15H22IN5OS. The van der Waals surface area contributed by atoms with Gasteiger partial charge in [0.25, 0.3) is 0 Å². The number of nitrogens with one attached hydrogen (secondary N) is 1. The van der Waals surface area contributed by atoms with Gasteiger partial charge in [0.15, 0.2) is 5.96 Å². The molecule has 0 saturated heterocycles. The Morgan fingerprint density at radius 2 is 2.22 bits per heavy atom. The summed E-state index contributed by atoms with van der Waals surface area (Å²) in [4.78, 5) is 15.0. The summed E-state index contributed by atoms with van der Waals surface area (Å²) in [7, 11) is 5.38. The van der Waals surface area contributed by atoms with Gasteiger partial charge in [-0.3, -0.25) is 4.99 Å². The Morgan fingerprint density at radius 1 is 1.43 bits per heavy atom. The largest absolute Gasteiger partial charge is 0.481 e. The fourth-order valence-electron chi connectivity index (χ4n) is 2.00. The number of ether oxygens (including phenoxy) is 1. The molecule has 2 heterocycles. The molecule has 0 aliphatic rings. The highest BCUT2D eigenvalue weighted by atomic mass is 127. The number of guanidine groups is 1. The molecule has 1 N–H and O–H groups in total. The molecule has 0 atom stereocenters. The SMILES string of the molecule is CN=C(NCc1ccc(OC)nc1)N(C)Cc1csc(C)n1.I. The van der Waals surface area contributed by atoms with Gasteiger partial charge in [-0.15, -0.1) is 35.3 Å². The number of rotatable bonds is 5. The normalized spacial score (nSPS) is 10.9. The summed E-state index contributed by atoms with van der Waals surface area (Å²) in [6.07, 6.45) is 1.79. The van der Waals surface area contributed by atoms with E-state index in [-0.39, 0.29) is 24.0 Å².